The van der Waals surface area contributed by atoms with E-state index in [0.29, 0.717) is 17.5 Å². The lowest BCUT2D eigenvalue weighted by Crippen LogP contribution is -2.48. The number of hydrogen-bond donors (Lipinski definition) is 0. The number of hydrogen-bond acceptors (Lipinski definition) is 6. The van der Waals surface area contributed by atoms with Gasteiger partial charge in [-0.25, -0.2) is 0 Å². The number of aromatic nitrogens is 2. The molecule has 7 heteroatoms. The smallest absolute Gasteiger partial charge is 0.243 e. The first-order valence-electron chi connectivity index (χ1n) is 8.33. The number of piperazine rings is 1. The minimum Gasteiger partial charge on any atom is -0.338 e. The van der Waals surface area contributed by atoms with Gasteiger partial charge in [0.05, 0.1) is 16.8 Å². The average molecular weight is 348 g/mol. The van der Waals surface area contributed by atoms with E-state index in [1.807, 2.05) is 37.3 Å². The monoisotopic (exact) mass is 348 g/mol. The van der Waals surface area contributed by atoms with Crippen LogP contribution in [-0.2, 0) is 10.8 Å². The molecule has 2 atom stereocenters. The van der Waals surface area contributed by atoms with Crippen molar-refractivity contribution in [1.82, 2.24) is 19.9 Å². The van der Waals surface area contributed by atoms with E-state index in [9.17, 15) is 4.21 Å². The van der Waals surface area contributed by atoms with Crippen molar-refractivity contribution in [2.75, 3.05) is 38.5 Å². The van der Waals surface area contributed by atoms with Gasteiger partial charge in [-0.1, -0.05) is 23.4 Å². The van der Waals surface area contributed by atoms with Crippen molar-refractivity contribution < 1.29 is 8.73 Å². The fourth-order valence-corrected chi connectivity index (χ4v) is 4.04. The van der Waals surface area contributed by atoms with Gasteiger partial charge in [-0.3, -0.25) is 14.0 Å². The molecule has 0 N–H and O–H groups in total. The van der Waals surface area contributed by atoms with E-state index < -0.39 is 10.8 Å². The van der Waals surface area contributed by atoms with Crippen LogP contribution in [0, 0.1) is 6.92 Å². The highest BCUT2D eigenvalue weighted by Gasteiger charge is 2.25. The van der Waals surface area contributed by atoms with Crippen molar-refractivity contribution in [2.24, 2.45) is 0 Å². The van der Waals surface area contributed by atoms with Crippen LogP contribution in [0.2, 0.25) is 0 Å². The minimum atomic E-state index is -0.918. The normalized spacial score (nSPS) is 19.2. The first kappa shape index (κ1) is 17.3. The van der Waals surface area contributed by atoms with Gasteiger partial charge in [-0.2, -0.15) is 4.98 Å². The van der Waals surface area contributed by atoms with Crippen molar-refractivity contribution in [1.29, 1.82) is 0 Å². The third-order valence-electron chi connectivity index (χ3n) is 4.45. The third-order valence-corrected chi connectivity index (χ3v) is 5.81. The lowest BCUT2D eigenvalue weighted by molar-refractivity contribution is 0.0918. The molecule has 1 aromatic heterocycles. The van der Waals surface area contributed by atoms with E-state index in [2.05, 4.69) is 26.9 Å². The van der Waals surface area contributed by atoms with Gasteiger partial charge in [0.1, 0.15) is 0 Å². The Balaban J connectivity index is 1.44. The predicted molar refractivity (Wildman–Crippen MR) is 93.2 cm³/mol. The Morgan fingerprint density at radius 3 is 2.54 bits per heavy atom. The molecule has 1 aromatic carbocycles. The first-order chi connectivity index (χ1) is 11.6. The zero-order valence-corrected chi connectivity index (χ0v) is 15.0. The number of aryl methyl sites for hydroxylation is 1. The lowest BCUT2D eigenvalue weighted by atomic mass is 10.2. The van der Waals surface area contributed by atoms with Gasteiger partial charge >= 0.3 is 0 Å². The Hall–Kier alpha value is -1.57. The number of rotatable bonds is 6. The highest BCUT2D eigenvalue weighted by Crippen LogP contribution is 2.20. The molecule has 1 fully saturated rings. The standard InChI is InChI=1S/C17H24N4O2S/c1-14(17-18-15(2)19-23-17)21-10-8-20(9-11-21)12-13-24(22)16-6-4-3-5-7-16/h3-7,14H,8-13H2,1-2H3/t14-,24-/m1/s1. The quantitative estimate of drug-likeness (QED) is 0.794. The molecule has 0 unspecified atom stereocenters. The second kappa shape index (κ2) is 8.00. The summed E-state index contributed by atoms with van der Waals surface area (Å²) in [5, 5.41) is 3.87. The van der Waals surface area contributed by atoms with Crippen molar-refractivity contribution in [2.45, 2.75) is 24.8 Å². The molecule has 6 nitrogen and oxygen atoms in total. The van der Waals surface area contributed by atoms with Crippen molar-refractivity contribution in [3.63, 3.8) is 0 Å². The van der Waals surface area contributed by atoms with Crippen molar-refractivity contribution in [3.05, 3.63) is 42.0 Å². The van der Waals surface area contributed by atoms with E-state index >= 15 is 0 Å². The summed E-state index contributed by atoms with van der Waals surface area (Å²) in [4.78, 5) is 9.97. The molecule has 3 rings (SSSR count). The third kappa shape index (κ3) is 4.28. The summed E-state index contributed by atoms with van der Waals surface area (Å²) in [6.07, 6.45) is 0. The Kier molecular flexibility index (Phi) is 5.76. The van der Waals surface area contributed by atoms with Crippen LogP contribution in [0.25, 0.3) is 0 Å². The van der Waals surface area contributed by atoms with E-state index in [0.717, 1.165) is 37.6 Å². The van der Waals surface area contributed by atoms with Crippen LogP contribution in [-0.4, -0.2) is 62.6 Å². The van der Waals surface area contributed by atoms with E-state index in [-0.39, 0.29) is 6.04 Å². The van der Waals surface area contributed by atoms with Crippen LogP contribution in [0.4, 0.5) is 0 Å². The highest BCUT2D eigenvalue weighted by molar-refractivity contribution is 7.85. The number of nitrogens with zero attached hydrogens (tertiary/aromatic N) is 4. The molecule has 1 aliphatic heterocycles. The molecular weight excluding hydrogens is 324 g/mol. The largest absolute Gasteiger partial charge is 0.338 e. The molecule has 2 aromatic rings. The molecule has 0 bridgehead atoms. The summed E-state index contributed by atoms with van der Waals surface area (Å²) in [5.41, 5.74) is 0. The number of benzene rings is 1. The topological polar surface area (TPSA) is 62.5 Å². The molecule has 0 spiro atoms. The van der Waals surface area contributed by atoms with Crippen LogP contribution in [0.5, 0.6) is 0 Å². The van der Waals surface area contributed by atoms with Gasteiger partial charge in [-0.05, 0) is 26.0 Å². The van der Waals surface area contributed by atoms with Gasteiger partial charge in [0, 0.05) is 43.4 Å². The predicted octanol–water partition coefficient (Wildman–Crippen LogP) is 1.86. The molecule has 0 amide bonds. The molecule has 2 heterocycles. The van der Waals surface area contributed by atoms with Crippen LogP contribution >= 0.6 is 0 Å². The minimum absolute atomic E-state index is 0.145. The highest BCUT2D eigenvalue weighted by atomic mass is 32.2. The molecule has 0 radical (unpaired) electrons. The second-order valence-electron chi connectivity index (χ2n) is 6.10. The van der Waals surface area contributed by atoms with Gasteiger partial charge in [-0.15, -0.1) is 0 Å². The Morgan fingerprint density at radius 1 is 1.21 bits per heavy atom. The molecule has 0 aliphatic carbocycles. The SMILES string of the molecule is Cc1noc([C@@H](C)N2CCN(CC[S@@](=O)c3ccccc3)CC2)n1. The maximum atomic E-state index is 12.3. The molecule has 1 saturated heterocycles. The maximum Gasteiger partial charge on any atom is 0.243 e. The zero-order valence-electron chi connectivity index (χ0n) is 14.2. The second-order valence-corrected chi connectivity index (χ2v) is 7.67. The average Bonchev–Trinajstić information content (AvgIpc) is 3.06. The molecular formula is C17H24N4O2S. The van der Waals surface area contributed by atoms with E-state index in [4.69, 9.17) is 4.52 Å². The van der Waals surface area contributed by atoms with E-state index in [1.165, 1.54) is 0 Å². The Bertz CT molecular complexity index is 668. The summed E-state index contributed by atoms with van der Waals surface area (Å²) in [7, 11) is -0.918. The fraction of sp³-hybridized carbons (Fsp3) is 0.529. The first-order valence-corrected chi connectivity index (χ1v) is 9.65. The van der Waals surface area contributed by atoms with Crippen molar-refractivity contribution >= 4 is 10.8 Å². The van der Waals surface area contributed by atoms with Crippen LogP contribution < -0.4 is 0 Å². The Labute approximate surface area is 145 Å². The molecule has 0 saturated carbocycles. The van der Waals surface area contributed by atoms with E-state index in [1.54, 1.807) is 0 Å². The summed E-state index contributed by atoms with van der Waals surface area (Å²) in [6, 6.07) is 9.84. The van der Waals surface area contributed by atoms with Gasteiger partial charge in [0.25, 0.3) is 0 Å². The summed E-state index contributed by atoms with van der Waals surface area (Å²) < 4.78 is 17.6. The maximum absolute atomic E-state index is 12.3. The van der Waals surface area contributed by atoms with Gasteiger partial charge in [0.15, 0.2) is 5.82 Å². The summed E-state index contributed by atoms with van der Waals surface area (Å²) >= 11 is 0. The van der Waals surface area contributed by atoms with Crippen LogP contribution in [0.3, 0.4) is 0 Å². The Morgan fingerprint density at radius 2 is 1.92 bits per heavy atom. The molecule has 130 valence electrons. The summed E-state index contributed by atoms with van der Waals surface area (Å²) in [5.74, 6) is 2.05. The molecule has 24 heavy (non-hydrogen) atoms. The molecule has 1 aliphatic rings. The lowest BCUT2D eigenvalue weighted by Gasteiger charge is -2.36. The zero-order chi connectivity index (χ0) is 16.9. The fourth-order valence-electron chi connectivity index (χ4n) is 2.92. The summed E-state index contributed by atoms with van der Waals surface area (Å²) in [6.45, 7) is 8.68. The van der Waals surface area contributed by atoms with Gasteiger partial charge in [0.2, 0.25) is 5.89 Å². The van der Waals surface area contributed by atoms with Crippen LogP contribution in [0.15, 0.2) is 39.8 Å². The van der Waals surface area contributed by atoms with Crippen LogP contribution in [0.1, 0.15) is 24.7 Å². The van der Waals surface area contributed by atoms with Crippen molar-refractivity contribution in [3.8, 4) is 0 Å². The van der Waals surface area contributed by atoms with Gasteiger partial charge < -0.3 is 4.52 Å².